The smallest absolute Gasteiger partial charge is 0.338 e. The van der Waals surface area contributed by atoms with Crippen molar-refractivity contribution in [2.75, 3.05) is 30.7 Å². The molecule has 2 rings (SSSR count). The molecule has 2 aromatic rings. The first-order chi connectivity index (χ1) is 14.3. The van der Waals surface area contributed by atoms with Crippen LogP contribution >= 0.6 is 0 Å². The second-order valence-corrected chi connectivity index (χ2v) is 7.85. The molecule has 0 N–H and O–H groups in total. The number of hydrogen-bond acceptors (Lipinski definition) is 7. The molecule has 0 aromatic heterocycles. The molecular weight excluding hydrogens is 410 g/mol. The molecule has 0 spiro atoms. The molecule has 0 radical (unpaired) electrons. The third kappa shape index (κ3) is 5.73. The number of ether oxygens (including phenoxy) is 3. The van der Waals surface area contributed by atoms with Crippen molar-refractivity contribution in [3.05, 3.63) is 54.1 Å². The summed E-state index contributed by atoms with van der Waals surface area (Å²) < 4.78 is 42.8. The van der Waals surface area contributed by atoms with Gasteiger partial charge in [-0.3, -0.25) is 9.10 Å². The average Bonchev–Trinajstić information content (AvgIpc) is 2.73. The third-order valence-electron chi connectivity index (χ3n) is 3.95. The molecule has 8 nitrogen and oxygen atoms in total. The highest BCUT2D eigenvalue weighted by Gasteiger charge is 2.28. The van der Waals surface area contributed by atoms with Gasteiger partial charge in [0.1, 0.15) is 12.3 Å². The van der Waals surface area contributed by atoms with E-state index in [1.54, 1.807) is 13.8 Å². The van der Waals surface area contributed by atoms with Crippen molar-refractivity contribution in [1.29, 1.82) is 0 Å². The molecule has 9 heteroatoms. The molecule has 0 fully saturated rings. The van der Waals surface area contributed by atoms with E-state index in [4.69, 9.17) is 14.2 Å². The number of anilines is 1. The summed E-state index contributed by atoms with van der Waals surface area (Å²) >= 11 is 0. The standard InChI is InChI=1S/C21H25NO7S/c1-4-27-18-10-12-19(13-11-18)30(25,26)22(15-20(23)28-5-2)17-9-7-8-16(14-17)21(24)29-6-3/h7-14H,4-6,15H2,1-3H3. The molecule has 0 aliphatic heterocycles. The largest absolute Gasteiger partial charge is 0.494 e. The zero-order valence-electron chi connectivity index (χ0n) is 17.2. The van der Waals surface area contributed by atoms with Gasteiger partial charge in [-0.05, 0) is 63.2 Å². The first-order valence-electron chi connectivity index (χ1n) is 9.51. The lowest BCUT2D eigenvalue weighted by Crippen LogP contribution is -2.36. The zero-order chi connectivity index (χ0) is 22.1. The van der Waals surface area contributed by atoms with Crippen LogP contribution in [0.15, 0.2) is 53.4 Å². The van der Waals surface area contributed by atoms with Gasteiger partial charge in [-0.25, -0.2) is 13.2 Å². The van der Waals surface area contributed by atoms with Crippen molar-refractivity contribution >= 4 is 27.6 Å². The molecule has 0 amide bonds. The Labute approximate surface area is 176 Å². The number of nitrogens with zero attached hydrogens (tertiary/aromatic N) is 1. The quantitative estimate of drug-likeness (QED) is 0.529. The monoisotopic (exact) mass is 435 g/mol. The van der Waals surface area contributed by atoms with E-state index < -0.39 is 28.5 Å². The van der Waals surface area contributed by atoms with Crippen molar-refractivity contribution in [2.45, 2.75) is 25.7 Å². The van der Waals surface area contributed by atoms with Gasteiger partial charge in [0.2, 0.25) is 0 Å². The molecule has 0 aliphatic rings. The predicted molar refractivity (Wildman–Crippen MR) is 111 cm³/mol. The van der Waals surface area contributed by atoms with Crippen LogP contribution in [0.1, 0.15) is 31.1 Å². The van der Waals surface area contributed by atoms with E-state index in [9.17, 15) is 18.0 Å². The van der Waals surface area contributed by atoms with Crippen molar-refractivity contribution in [3.8, 4) is 5.75 Å². The van der Waals surface area contributed by atoms with Gasteiger partial charge in [0.25, 0.3) is 10.0 Å². The molecule has 0 atom stereocenters. The van der Waals surface area contributed by atoms with Crippen molar-refractivity contribution in [1.82, 2.24) is 0 Å². The van der Waals surface area contributed by atoms with Crippen LogP contribution in [-0.4, -0.2) is 46.7 Å². The minimum atomic E-state index is -4.13. The van der Waals surface area contributed by atoms with Crippen molar-refractivity contribution in [2.24, 2.45) is 0 Å². The fourth-order valence-electron chi connectivity index (χ4n) is 2.64. The summed E-state index contributed by atoms with van der Waals surface area (Å²) in [6, 6.07) is 11.8. The Hall–Kier alpha value is -3.07. The highest BCUT2D eigenvalue weighted by molar-refractivity contribution is 7.92. The average molecular weight is 435 g/mol. The Morgan fingerprint density at radius 1 is 0.900 bits per heavy atom. The highest BCUT2D eigenvalue weighted by Crippen LogP contribution is 2.26. The van der Waals surface area contributed by atoms with Crippen LogP contribution in [-0.2, 0) is 24.3 Å². The van der Waals surface area contributed by atoms with Gasteiger partial charge in [0, 0.05) is 0 Å². The van der Waals surface area contributed by atoms with Crippen LogP contribution in [0.25, 0.3) is 0 Å². The predicted octanol–water partition coefficient (Wildman–Crippen LogP) is 3.02. The van der Waals surface area contributed by atoms with Crippen LogP contribution in [0.4, 0.5) is 5.69 Å². The number of carbonyl (C=O) groups excluding carboxylic acids is 2. The number of benzene rings is 2. The number of sulfonamides is 1. The fraction of sp³-hybridized carbons (Fsp3) is 0.333. The lowest BCUT2D eigenvalue weighted by Gasteiger charge is -2.24. The summed E-state index contributed by atoms with van der Waals surface area (Å²) in [5.74, 6) is -0.778. The van der Waals surface area contributed by atoms with E-state index in [2.05, 4.69) is 0 Å². The van der Waals surface area contributed by atoms with Gasteiger partial charge >= 0.3 is 11.9 Å². The summed E-state index contributed by atoms with van der Waals surface area (Å²) in [6.45, 7) is 5.31. The Balaban J connectivity index is 2.48. The Kier molecular flexibility index (Phi) is 8.23. The van der Waals surface area contributed by atoms with Gasteiger partial charge < -0.3 is 14.2 Å². The van der Waals surface area contributed by atoms with E-state index in [-0.39, 0.29) is 29.4 Å². The van der Waals surface area contributed by atoms with Crippen LogP contribution in [0, 0.1) is 0 Å². The van der Waals surface area contributed by atoms with E-state index in [1.165, 1.54) is 48.5 Å². The van der Waals surface area contributed by atoms with E-state index in [0.717, 1.165) is 4.31 Å². The molecule has 0 unspecified atom stereocenters. The molecule has 30 heavy (non-hydrogen) atoms. The molecular formula is C21H25NO7S. The second kappa shape index (κ2) is 10.6. The molecule has 2 aromatic carbocycles. The lowest BCUT2D eigenvalue weighted by atomic mass is 10.2. The SMILES string of the molecule is CCOC(=O)CN(c1cccc(C(=O)OCC)c1)S(=O)(=O)c1ccc(OCC)cc1. The molecule has 162 valence electrons. The summed E-state index contributed by atoms with van der Waals surface area (Å²) in [5.41, 5.74) is 0.313. The molecule has 0 aliphatic carbocycles. The fourth-order valence-corrected chi connectivity index (χ4v) is 4.04. The minimum absolute atomic E-state index is 0.0308. The van der Waals surface area contributed by atoms with Gasteiger partial charge in [-0.1, -0.05) is 6.07 Å². The van der Waals surface area contributed by atoms with Crippen molar-refractivity contribution < 1.29 is 32.2 Å². The molecule has 0 bridgehead atoms. The first-order valence-corrected chi connectivity index (χ1v) is 11.0. The molecule has 0 saturated heterocycles. The summed E-state index contributed by atoms with van der Waals surface area (Å²) in [6.07, 6.45) is 0. The van der Waals surface area contributed by atoms with Crippen LogP contribution < -0.4 is 9.04 Å². The number of carbonyl (C=O) groups is 2. The van der Waals surface area contributed by atoms with Crippen molar-refractivity contribution in [3.63, 3.8) is 0 Å². The van der Waals surface area contributed by atoms with Gasteiger partial charge in [-0.15, -0.1) is 0 Å². The summed E-state index contributed by atoms with van der Waals surface area (Å²) in [7, 11) is -4.13. The maximum absolute atomic E-state index is 13.3. The Bertz CT molecular complexity index is 971. The zero-order valence-corrected chi connectivity index (χ0v) is 18.0. The Morgan fingerprint density at radius 3 is 2.17 bits per heavy atom. The maximum atomic E-state index is 13.3. The van der Waals surface area contributed by atoms with Gasteiger partial charge in [0.15, 0.2) is 0 Å². The van der Waals surface area contributed by atoms with Crippen LogP contribution in [0.5, 0.6) is 5.75 Å². The number of rotatable bonds is 10. The van der Waals surface area contributed by atoms with Crippen LogP contribution in [0.3, 0.4) is 0 Å². The van der Waals surface area contributed by atoms with E-state index >= 15 is 0 Å². The minimum Gasteiger partial charge on any atom is -0.494 e. The van der Waals surface area contributed by atoms with Gasteiger partial charge in [0.05, 0.1) is 36.0 Å². The first kappa shape index (κ1) is 23.2. The topological polar surface area (TPSA) is 99.2 Å². The summed E-state index contributed by atoms with van der Waals surface area (Å²) in [4.78, 5) is 24.2. The molecule has 0 heterocycles. The van der Waals surface area contributed by atoms with Crippen LogP contribution in [0.2, 0.25) is 0 Å². The van der Waals surface area contributed by atoms with E-state index in [1.807, 2.05) is 6.92 Å². The molecule has 0 saturated carbocycles. The summed E-state index contributed by atoms with van der Waals surface area (Å²) in [5, 5.41) is 0. The highest BCUT2D eigenvalue weighted by atomic mass is 32.2. The number of esters is 2. The second-order valence-electron chi connectivity index (χ2n) is 5.99. The number of hydrogen-bond donors (Lipinski definition) is 0. The lowest BCUT2D eigenvalue weighted by molar-refractivity contribution is -0.141. The van der Waals surface area contributed by atoms with Gasteiger partial charge in [-0.2, -0.15) is 0 Å². The Morgan fingerprint density at radius 2 is 1.57 bits per heavy atom. The maximum Gasteiger partial charge on any atom is 0.338 e. The normalized spacial score (nSPS) is 10.9. The third-order valence-corrected chi connectivity index (χ3v) is 5.73. The van der Waals surface area contributed by atoms with E-state index in [0.29, 0.717) is 12.4 Å².